The fraction of sp³-hybridized carbons (Fsp3) is 0.300. The van der Waals surface area contributed by atoms with E-state index in [2.05, 4.69) is 47.5 Å². The van der Waals surface area contributed by atoms with Crippen molar-refractivity contribution in [3.8, 4) is 11.1 Å². The van der Waals surface area contributed by atoms with Gasteiger partial charge in [-0.3, -0.25) is 14.6 Å². The molecule has 6 nitrogen and oxygen atoms in total. The molecule has 7 heteroatoms. The molecule has 27 heavy (non-hydrogen) atoms. The fourth-order valence-corrected chi connectivity index (χ4v) is 3.92. The van der Waals surface area contributed by atoms with Crippen LogP contribution >= 0.6 is 0 Å². The molecular formula is C20H24N4O2Si. The number of hydrogen-bond acceptors (Lipinski definition) is 5. The number of hydrazine groups is 1. The lowest BCUT2D eigenvalue weighted by molar-refractivity contribution is -0.149. The van der Waals surface area contributed by atoms with E-state index in [4.69, 9.17) is 4.84 Å². The van der Waals surface area contributed by atoms with Gasteiger partial charge in [0, 0.05) is 26.2 Å². The number of rotatable bonds is 5. The fourth-order valence-electron chi connectivity index (χ4n) is 3.22. The molecule has 1 aromatic heterocycles. The first-order chi connectivity index (χ1) is 12.9. The first kappa shape index (κ1) is 17.9. The molecule has 1 aromatic carbocycles. The van der Waals surface area contributed by atoms with Crippen LogP contribution in [0.4, 0.5) is 5.69 Å². The van der Waals surface area contributed by atoms with Crippen molar-refractivity contribution in [3.05, 3.63) is 60.1 Å². The van der Waals surface area contributed by atoms with Crippen LogP contribution in [0.5, 0.6) is 0 Å². The van der Waals surface area contributed by atoms with Crippen LogP contribution in [0.2, 0.25) is 25.7 Å². The van der Waals surface area contributed by atoms with Crippen molar-refractivity contribution in [2.75, 3.05) is 11.9 Å². The standard InChI is InChI=1S/C20H24N4O2Si/c1-27(2,3)11-10-26-24-13-17-19(23-24)16-5-4-15(12-18(16)22-20(17)25)14-6-8-21-9-7-14/h4-9,12-13,19,23H,10-11H2,1-3H3,(H,22,25). The summed E-state index contributed by atoms with van der Waals surface area (Å²) >= 11 is 0. The average molecular weight is 381 g/mol. The van der Waals surface area contributed by atoms with E-state index in [9.17, 15) is 4.79 Å². The van der Waals surface area contributed by atoms with E-state index in [1.54, 1.807) is 23.8 Å². The molecule has 2 aromatic rings. The Labute approximate surface area is 160 Å². The largest absolute Gasteiger partial charge is 0.322 e. The summed E-state index contributed by atoms with van der Waals surface area (Å²) in [6.45, 7) is 7.59. The average Bonchev–Trinajstić information content (AvgIpc) is 3.06. The Morgan fingerprint density at radius 3 is 2.67 bits per heavy atom. The molecule has 1 unspecified atom stereocenters. The van der Waals surface area contributed by atoms with Crippen molar-refractivity contribution in [2.45, 2.75) is 31.7 Å². The lowest BCUT2D eigenvalue weighted by atomic mass is 9.92. The van der Waals surface area contributed by atoms with Crippen LogP contribution in [0.3, 0.4) is 0 Å². The number of hydrogen-bond donors (Lipinski definition) is 2. The molecule has 2 aliphatic heterocycles. The highest BCUT2D eigenvalue weighted by atomic mass is 28.3. The first-order valence-corrected chi connectivity index (χ1v) is 12.9. The molecule has 0 saturated carbocycles. The molecule has 2 N–H and O–H groups in total. The highest BCUT2D eigenvalue weighted by Crippen LogP contribution is 2.39. The minimum absolute atomic E-state index is 0.0943. The van der Waals surface area contributed by atoms with Crippen molar-refractivity contribution >= 4 is 19.7 Å². The SMILES string of the molecule is C[Si](C)(C)CCON1C=C2C(=O)Nc3cc(-c4ccncc4)ccc3C2N1. The molecule has 0 fully saturated rings. The maximum Gasteiger partial charge on any atom is 0.255 e. The van der Waals surface area contributed by atoms with Crippen LogP contribution in [0.15, 0.2) is 54.5 Å². The minimum Gasteiger partial charge on any atom is -0.322 e. The number of nitrogens with zero attached hydrogens (tertiary/aromatic N) is 2. The molecule has 0 saturated heterocycles. The number of anilines is 1. The Hall–Kier alpha value is -2.48. The Balaban J connectivity index is 1.54. The minimum atomic E-state index is -1.16. The van der Waals surface area contributed by atoms with Crippen molar-refractivity contribution in [1.29, 1.82) is 0 Å². The molecule has 4 rings (SSSR count). The summed E-state index contributed by atoms with van der Waals surface area (Å²) in [5, 5.41) is 4.59. The molecule has 3 heterocycles. The number of carbonyl (C=O) groups is 1. The number of hydroxylamine groups is 1. The third-order valence-corrected chi connectivity index (χ3v) is 6.50. The van der Waals surface area contributed by atoms with E-state index in [0.717, 1.165) is 28.4 Å². The third-order valence-electron chi connectivity index (χ3n) is 4.79. The Morgan fingerprint density at radius 2 is 1.93 bits per heavy atom. The van der Waals surface area contributed by atoms with Gasteiger partial charge in [0.2, 0.25) is 0 Å². The zero-order valence-corrected chi connectivity index (χ0v) is 16.8. The lowest BCUT2D eigenvalue weighted by Gasteiger charge is -2.26. The van der Waals surface area contributed by atoms with E-state index in [1.165, 1.54) is 0 Å². The van der Waals surface area contributed by atoms with Gasteiger partial charge in [0.1, 0.15) is 0 Å². The van der Waals surface area contributed by atoms with Crippen molar-refractivity contribution < 1.29 is 9.63 Å². The van der Waals surface area contributed by atoms with Gasteiger partial charge in [-0.1, -0.05) is 31.8 Å². The topological polar surface area (TPSA) is 66.5 Å². The van der Waals surface area contributed by atoms with Crippen LogP contribution in [0, 0.1) is 0 Å². The van der Waals surface area contributed by atoms with Crippen LogP contribution in [0.25, 0.3) is 11.1 Å². The Kier molecular flexibility index (Phi) is 4.59. The third kappa shape index (κ3) is 3.80. The molecule has 1 atom stereocenters. The summed E-state index contributed by atoms with van der Waals surface area (Å²) in [6.07, 6.45) is 5.29. The summed E-state index contributed by atoms with van der Waals surface area (Å²) in [7, 11) is -1.16. The van der Waals surface area contributed by atoms with E-state index < -0.39 is 8.07 Å². The lowest BCUT2D eigenvalue weighted by Crippen LogP contribution is -2.35. The second-order valence-electron chi connectivity index (χ2n) is 8.11. The van der Waals surface area contributed by atoms with Gasteiger partial charge in [-0.15, -0.1) is 0 Å². The molecule has 2 aliphatic rings. The Morgan fingerprint density at radius 1 is 1.15 bits per heavy atom. The highest BCUT2D eigenvalue weighted by molar-refractivity contribution is 6.76. The zero-order chi connectivity index (χ0) is 19.0. The molecule has 0 spiro atoms. The van der Waals surface area contributed by atoms with E-state index in [-0.39, 0.29) is 11.9 Å². The number of pyridine rings is 1. The van der Waals surface area contributed by atoms with Gasteiger partial charge in [-0.25, -0.2) is 0 Å². The normalized spacial score (nSPS) is 18.6. The van der Waals surface area contributed by atoms with Crippen LogP contribution < -0.4 is 10.7 Å². The number of carbonyl (C=O) groups excluding carboxylic acids is 1. The number of fused-ring (bicyclic) bond motifs is 3. The smallest absolute Gasteiger partial charge is 0.255 e. The quantitative estimate of drug-likeness (QED) is 0.774. The van der Waals surface area contributed by atoms with Gasteiger partial charge < -0.3 is 5.32 Å². The predicted molar refractivity (Wildman–Crippen MR) is 108 cm³/mol. The molecule has 140 valence electrons. The van der Waals surface area contributed by atoms with E-state index in [1.807, 2.05) is 18.2 Å². The first-order valence-electron chi connectivity index (χ1n) is 9.16. The molecule has 1 amide bonds. The maximum atomic E-state index is 12.6. The number of nitrogens with one attached hydrogen (secondary N) is 2. The number of benzene rings is 1. The van der Waals surface area contributed by atoms with Gasteiger partial charge in [0.15, 0.2) is 0 Å². The zero-order valence-electron chi connectivity index (χ0n) is 15.8. The predicted octanol–water partition coefficient (Wildman–Crippen LogP) is 3.72. The monoisotopic (exact) mass is 380 g/mol. The van der Waals surface area contributed by atoms with Crippen molar-refractivity contribution in [1.82, 2.24) is 15.6 Å². The van der Waals surface area contributed by atoms with Crippen LogP contribution in [0.1, 0.15) is 11.6 Å². The highest BCUT2D eigenvalue weighted by Gasteiger charge is 2.36. The summed E-state index contributed by atoms with van der Waals surface area (Å²) < 4.78 is 0. The van der Waals surface area contributed by atoms with Gasteiger partial charge in [-0.05, 0) is 40.9 Å². The van der Waals surface area contributed by atoms with Gasteiger partial charge in [0.25, 0.3) is 5.91 Å². The summed E-state index contributed by atoms with van der Waals surface area (Å²) in [5.41, 5.74) is 7.94. The molecule has 0 aliphatic carbocycles. The molecule has 0 radical (unpaired) electrons. The van der Waals surface area contributed by atoms with Crippen LogP contribution in [-0.4, -0.2) is 30.7 Å². The van der Waals surface area contributed by atoms with Crippen LogP contribution in [-0.2, 0) is 9.63 Å². The van der Waals surface area contributed by atoms with Gasteiger partial charge in [-0.2, -0.15) is 10.6 Å². The summed E-state index contributed by atoms with van der Waals surface area (Å²) in [5.74, 6) is -0.0943. The summed E-state index contributed by atoms with van der Waals surface area (Å²) in [6, 6.07) is 10.9. The summed E-state index contributed by atoms with van der Waals surface area (Å²) in [4.78, 5) is 22.4. The Bertz CT molecular complexity index is 893. The van der Waals surface area contributed by atoms with Crippen molar-refractivity contribution in [2.24, 2.45) is 0 Å². The molecular weight excluding hydrogens is 356 g/mol. The van der Waals surface area contributed by atoms with E-state index >= 15 is 0 Å². The second kappa shape index (κ2) is 6.92. The number of aromatic nitrogens is 1. The number of amides is 1. The maximum absolute atomic E-state index is 12.6. The van der Waals surface area contributed by atoms with E-state index in [0.29, 0.717) is 12.2 Å². The van der Waals surface area contributed by atoms with Gasteiger partial charge in [0.05, 0.1) is 24.4 Å². The second-order valence-corrected chi connectivity index (χ2v) is 13.7. The van der Waals surface area contributed by atoms with Gasteiger partial charge >= 0.3 is 0 Å². The van der Waals surface area contributed by atoms with Crippen molar-refractivity contribution in [3.63, 3.8) is 0 Å². The molecule has 0 bridgehead atoms.